The summed E-state index contributed by atoms with van der Waals surface area (Å²) in [6.07, 6.45) is 3.37. The predicted octanol–water partition coefficient (Wildman–Crippen LogP) is 6.84. The van der Waals surface area contributed by atoms with Crippen LogP contribution in [-0.4, -0.2) is 4.98 Å². The fourth-order valence-corrected chi connectivity index (χ4v) is 4.80. The molecule has 30 heavy (non-hydrogen) atoms. The lowest BCUT2D eigenvalue weighted by molar-refractivity contribution is 0.353. The Morgan fingerprint density at radius 3 is 2.50 bits per heavy atom. The molecule has 0 amide bonds. The molecule has 3 nitrogen and oxygen atoms in total. The van der Waals surface area contributed by atoms with Gasteiger partial charge < -0.3 is 9.73 Å². The van der Waals surface area contributed by atoms with Crippen molar-refractivity contribution in [3.05, 3.63) is 88.9 Å². The molecule has 0 bridgehead atoms. The van der Waals surface area contributed by atoms with Gasteiger partial charge in [-0.1, -0.05) is 36.4 Å². The Hall–Kier alpha value is -2.91. The van der Waals surface area contributed by atoms with Crippen molar-refractivity contribution in [2.45, 2.75) is 52.1 Å². The number of fused-ring (bicyclic) bond motifs is 3. The zero-order valence-corrected chi connectivity index (χ0v) is 17.9. The van der Waals surface area contributed by atoms with Crippen LogP contribution in [0.2, 0.25) is 0 Å². The van der Waals surface area contributed by atoms with E-state index in [1.807, 2.05) is 0 Å². The standard InChI is InChI=1S/C27H28N2O/c1-17-14-22(15-18(2)28-17)21-12-13-26-24(16-21)23-10-7-11-25(27(23)30-26)29-19(3)20-8-5-4-6-9-20/h4-6,8-9,12-16,19,25,29H,7,10-11H2,1-3H3/t19-,25-/m1/s1. The number of benzene rings is 2. The van der Waals surface area contributed by atoms with E-state index in [2.05, 4.69) is 91.7 Å². The molecule has 4 aromatic rings. The molecule has 1 N–H and O–H groups in total. The molecule has 0 fully saturated rings. The van der Waals surface area contributed by atoms with Gasteiger partial charge in [0.15, 0.2) is 0 Å². The van der Waals surface area contributed by atoms with Crippen LogP contribution in [0.15, 0.2) is 65.1 Å². The molecule has 5 rings (SSSR count). The molecule has 2 atom stereocenters. The Bertz CT molecular complexity index is 1170. The summed E-state index contributed by atoms with van der Waals surface area (Å²) in [6.45, 7) is 6.34. The maximum absolute atomic E-state index is 6.40. The average Bonchev–Trinajstić information content (AvgIpc) is 3.13. The van der Waals surface area contributed by atoms with Crippen molar-refractivity contribution in [2.24, 2.45) is 0 Å². The van der Waals surface area contributed by atoms with Crippen LogP contribution in [-0.2, 0) is 6.42 Å². The Kier molecular flexibility index (Phi) is 4.92. The van der Waals surface area contributed by atoms with Crippen molar-refractivity contribution in [3.63, 3.8) is 0 Å². The molecule has 0 saturated heterocycles. The smallest absolute Gasteiger partial charge is 0.134 e. The third kappa shape index (κ3) is 3.54. The second kappa shape index (κ2) is 7.73. The number of aryl methyl sites for hydroxylation is 3. The van der Waals surface area contributed by atoms with E-state index in [1.165, 1.54) is 34.1 Å². The minimum absolute atomic E-state index is 0.255. The molecule has 0 saturated carbocycles. The molecule has 2 aromatic heterocycles. The van der Waals surface area contributed by atoms with E-state index in [4.69, 9.17) is 4.42 Å². The first kappa shape index (κ1) is 19.1. The van der Waals surface area contributed by atoms with Gasteiger partial charge in [-0.25, -0.2) is 0 Å². The van der Waals surface area contributed by atoms with Crippen LogP contribution < -0.4 is 5.32 Å². The summed E-state index contributed by atoms with van der Waals surface area (Å²) in [5, 5.41) is 5.07. The van der Waals surface area contributed by atoms with Gasteiger partial charge in [0.1, 0.15) is 11.3 Å². The molecule has 152 valence electrons. The summed E-state index contributed by atoms with van der Waals surface area (Å²) in [7, 11) is 0. The van der Waals surface area contributed by atoms with Gasteiger partial charge in [0.2, 0.25) is 0 Å². The van der Waals surface area contributed by atoms with Crippen molar-refractivity contribution < 1.29 is 4.42 Å². The third-order valence-corrected chi connectivity index (χ3v) is 6.22. The monoisotopic (exact) mass is 396 g/mol. The Morgan fingerprint density at radius 2 is 1.73 bits per heavy atom. The van der Waals surface area contributed by atoms with E-state index in [0.717, 1.165) is 35.6 Å². The Balaban J connectivity index is 1.50. The van der Waals surface area contributed by atoms with E-state index >= 15 is 0 Å². The summed E-state index contributed by atoms with van der Waals surface area (Å²) in [5.74, 6) is 1.12. The molecule has 0 radical (unpaired) electrons. The van der Waals surface area contributed by atoms with Crippen LogP contribution in [0.1, 0.15) is 60.1 Å². The van der Waals surface area contributed by atoms with Crippen LogP contribution in [0.4, 0.5) is 0 Å². The number of hydrogen-bond donors (Lipinski definition) is 1. The fraction of sp³-hybridized carbons (Fsp3) is 0.296. The summed E-state index contributed by atoms with van der Waals surface area (Å²) in [5.41, 5.74) is 8.24. The molecular formula is C27H28N2O. The quantitative estimate of drug-likeness (QED) is 0.410. The van der Waals surface area contributed by atoms with E-state index < -0.39 is 0 Å². The van der Waals surface area contributed by atoms with Crippen LogP contribution in [0.25, 0.3) is 22.1 Å². The minimum Gasteiger partial charge on any atom is -0.459 e. The highest BCUT2D eigenvalue weighted by Crippen LogP contribution is 2.39. The number of aromatic nitrogens is 1. The topological polar surface area (TPSA) is 38.1 Å². The zero-order valence-electron chi connectivity index (χ0n) is 17.9. The average molecular weight is 397 g/mol. The first-order chi connectivity index (χ1) is 14.6. The largest absolute Gasteiger partial charge is 0.459 e. The maximum atomic E-state index is 6.40. The van der Waals surface area contributed by atoms with E-state index in [0.29, 0.717) is 0 Å². The Labute approximate surface area is 178 Å². The molecular weight excluding hydrogens is 368 g/mol. The van der Waals surface area contributed by atoms with Crippen LogP contribution >= 0.6 is 0 Å². The van der Waals surface area contributed by atoms with E-state index in [1.54, 1.807) is 0 Å². The van der Waals surface area contributed by atoms with Gasteiger partial charge in [0.25, 0.3) is 0 Å². The maximum Gasteiger partial charge on any atom is 0.134 e. The van der Waals surface area contributed by atoms with E-state index in [9.17, 15) is 0 Å². The van der Waals surface area contributed by atoms with Crippen molar-refractivity contribution in [1.82, 2.24) is 10.3 Å². The summed E-state index contributed by atoms with van der Waals surface area (Å²) in [4.78, 5) is 4.52. The first-order valence-electron chi connectivity index (χ1n) is 10.9. The first-order valence-corrected chi connectivity index (χ1v) is 10.9. The van der Waals surface area contributed by atoms with Crippen LogP contribution in [0, 0.1) is 13.8 Å². The van der Waals surface area contributed by atoms with Gasteiger partial charge in [0, 0.05) is 28.4 Å². The highest BCUT2D eigenvalue weighted by atomic mass is 16.3. The molecule has 2 heterocycles. The lowest BCUT2D eigenvalue weighted by Crippen LogP contribution is -2.27. The number of nitrogens with one attached hydrogen (secondary N) is 1. The molecule has 0 spiro atoms. The van der Waals surface area contributed by atoms with Crippen LogP contribution in [0.5, 0.6) is 0 Å². The summed E-state index contributed by atoms with van der Waals surface area (Å²) >= 11 is 0. The SMILES string of the molecule is Cc1cc(-c2ccc3oc4c(c3c2)CCC[C@H]4N[C@H](C)c2ccccc2)cc(C)n1. The van der Waals surface area contributed by atoms with Crippen molar-refractivity contribution >= 4 is 11.0 Å². The number of furan rings is 1. The molecule has 0 unspecified atom stereocenters. The van der Waals surface area contributed by atoms with Crippen molar-refractivity contribution in [1.29, 1.82) is 0 Å². The van der Waals surface area contributed by atoms with Crippen molar-refractivity contribution in [2.75, 3.05) is 0 Å². The normalized spacial score (nSPS) is 17.1. The fourth-order valence-electron chi connectivity index (χ4n) is 4.80. The molecule has 0 aliphatic heterocycles. The highest BCUT2D eigenvalue weighted by Gasteiger charge is 2.28. The minimum atomic E-state index is 0.255. The molecule has 1 aliphatic rings. The van der Waals surface area contributed by atoms with Crippen molar-refractivity contribution in [3.8, 4) is 11.1 Å². The zero-order chi connectivity index (χ0) is 20.7. The highest BCUT2D eigenvalue weighted by molar-refractivity contribution is 5.87. The van der Waals surface area contributed by atoms with E-state index in [-0.39, 0.29) is 12.1 Å². The van der Waals surface area contributed by atoms with Gasteiger partial charge >= 0.3 is 0 Å². The molecule has 2 aromatic carbocycles. The number of hydrogen-bond acceptors (Lipinski definition) is 3. The predicted molar refractivity (Wildman–Crippen MR) is 123 cm³/mol. The molecule has 1 aliphatic carbocycles. The summed E-state index contributed by atoms with van der Waals surface area (Å²) in [6, 6.07) is 22.1. The lowest BCUT2D eigenvalue weighted by atomic mass is 9.90. The second-order valence-electron chi connectivity index (χ2n) is 8.54. The Morgan fingerprint density at radius 1 is 0.967 bits per heavy atom. The second-order valence-corrected chi connectivity index (χ2v) is 8.54. The molecule has 3 heteroatoms. The lowest BCUT2D eigenvalue weighted by Gasteiger charge is -2.26. The summed E-state index contributed by atoms with van der Waals surface area (Å²) < 4.78 is 6.40. The van der Waals surface area contributed by atoms with Gasteiger partial charge in [-0.15, -0.1) is 0 Å². The van der Waals surface area contributed by atoms with Gasteiger partial charge in [-0.2, -0.15) is 0 Å². The number of rotatable bonds is 4. The van der Waals surface area contributed by atoms with Gasteiger partial charge in [0.05, 0.1) is 6.04 Å². The van der Waals surface area contributed by atoms with Crippen LogP contribution in [0.3, 0.4) is 0 Å². The number of nitrogens with zero attached hydrogens (tertiary/aromatic N) is 1. The van der Waals surface area contributed by atoms with Gasteiger partial charge in [-0.05, 0) is 81.0 Å². The third-order valence-electron chi connectivity index (χ3n) is 6.22. The van der Waals surface area contributed by atoms with Gasteiger partial charge in [-0.3, -0.25) is 4.98 Å². The number of pyridine rings is 1.